The van der Waals surface area contributed by atoms with Crippen molar-refractivity contribution < 1.29 is 27.8 Å². The zero-order chi connectivity index (χ0) is 16.3. The first-order valence-corrected chi connectivity index (χ1v) is 7.30. The van der Waals surface area contributed by atoms with Crippen molar-refractivity contribution in [1.82, 2.24) is 4.90 Å². The van der Waals surface area contributed by atoms with Gasteiger partial charge < -0.3 is 14.4 Å². The number of ether oxygens (including phenoxy) is 2. The van der Waals surface area contributed by atoms with Crippen LogP contribution in [0.1, 0.15) is 12.0 Å². The van der Waals surface area contributed by atoms with E-state index in [1.165, 1.54) is 17.0 Å². The standard InChI is InChI=1S/C14H14BrF2NO4/c1-18-6-8(5-12(18)19)13(20)21-7-9-4-10(15)2-3-11(9)22-14(16)17/h2-4,8,14H,5-7H2,1H3/t8-/m0/s1. The Morgan fingerprint density at radius 3 is 2.82 bits per heavy atom. The summed E-state index contributed by atoms with van der Waals surface area (Å²) < 4.78 is 34.8. The molecule has 1 atom stereocenters. The second-order valence-electron chi connectivity index (χ2n) is 4.91. The van der Waals surface area contributed by atoms with Gasteiger partial charge in [0.1, 0.15) is 12.4 Å². The molecule has 0 N–H and O–H groups in total. The van der Waals surface area contributed by atoms with E-state index in [9.17, 15) is 18.4 Å². The number of amides is 1. The molecular weight excluding hydrogens is 364 g/mol. The lowest BCUT2D eigenvalue weighted by molar-refractivity contribution is -0.149. The van der Waals surface area contributed by atoms with Gasteiger partial charge in [0.15, 0.2) is 0 Å². The Morgan fingerprint density at radius 2 is 2.23 bits per heavy atom. The van der Waals surface area contributed by atoms with Gasteiger partial charge in [-0.05, 0) is 18.2 Å². The lowest BCUT2D eigenvalue weighted by Crippen LogP contribution is -2.22. The first kappa shape index (κ1) is 16.7. The van der Waals surface area contributed by atoms with Crippen LogP contribution in [0.15, 0.2) is 22.7 Å². The average molecular weight is 378 g/mol. The van der Waals surface area contributed by atoms with E-state index in [0.29, 0.717) is 16.6 Å². The van der Waals surface area contributed by atoms with Crippen LogP contribution in [0.4, 0.5) is 8.78 Å². The number of hydrogen-bond donors (Lipinski definition) is 0. The maximum Gasteiger partial charge on any atom is 0.387 e. The maximum absolute atomic E-state index is 12.3. The molecule has 2 rings (SSSR count). The summed E-state index contributed by atoms with van der Waals surface area (Å²) in [6, 6.07) is 4.46. The minimum atomic E-state index is -2.96. The number of benzene rings is 1. The highest BCUT2D eigenvalue weighted by Gasteiger charge is 2.33. The Bertz CT molecular complexity index is 582. The van der Waals surface area contributed by atoms with Crippen LogP contribution in [0, 0.1) is 5.92 Å². The third-order valence-electron chi connectivity index (χ3n) is 3.28. The quantitative estimate of drug-likeness (QED) is 0.740. The van der Waals surface area contributed by atoms with Crippen LogP contribution in [0.2, 0.25) is 0 Å². The Balaban J connectivity index is 2.00. The fourth-order valence-corrected chi connectivity index (χ4v) is 2.57. The first-order valence-electron chi connectivity index (χ1n) is 6.50. The van der Waals surface area contributed by atoms with Gasteiger partial charge in [-0.25, -0.2) is 0 Å². The van der Waals surface area contributed by atoms with Gasteiger partial charge in [0.05, 0.1) is 5.92 Å². The summed E-state index contributed by atoms with van der Waals surface area (Å²) in [6.07, 6.45) is 0.105. The van der Waals surface area contributed by atoms with Crippen molar-refractivity contribution in [2.24, 2.45) is 5.92 Å². The molecule has 0 radical (unpaired) electrons. The molecule has 120 valence electrons. The Hall–Kier alpha value is -1.70. The normalized spacial score (nSPS) is 18.0. The molecule has 1 saturated heterocycles. The molecule has 0 bridgehead atoms. The number of esters is 1. The molecule has 8 heteroatoms. The van der Waals surface area contributed by atoms with E-state index in [-0.39, 0.29) is 24.7 Å². The summed E-state index contributed by atoms with van der Waals surface area (Å²) in [5.74, 6) is -1.22. The van der Waals surface area contributed by atoms with E-state index in [4.69, 9.17) is 4.74 Å². The second-order valence-corrected chi connectivity index (χ2v) is 5.83. The summed E-state index contributed by atoms with van der Waals surface area (Å²) in [6.45, 7) is -2.86. The van der Waals surface area contributed by atoms with Gasteiger partial charge in [0.25, 0.3) is 0 Å². The van der Waals surface area contributed by atoms with Crippen LogP contribution in [0.5, 0.6) is 5.75 Å². The summed E-state index contributed by atoms with van der Waals surface area (Å²) in [4.78, 5) is 24.8. The number of halogens is 3. The molecule has 0 spiro atoms. The molecule has 0 saturated carbocycles. The molecule has 0 aliphatic carbocycles. The van der Waals surface area contributed by atoms with Crippen LogP contribution in [0.25, 0.3) is 0 Å². The molecule has 0 unspecified atom stereocenters. The summed E-state index contributed by atoms with van der Waals surface area (Å²) in [5, 5.41) is 0. The van der Waals surface area contributed by atoms with E-state index in [1.807, 2.05) is 0 Å². The summed E-state index contributed by atoms with van der Waals surface area (Å²) in [5.41, 5.74) is 0.320. The number of hydrogen-bond acceptors (Lipinski definition) is 4. The van der Waals surface area contributed by atoms with Crippen molar-refractivity contribution in [2.45, 2.75) is 19.6 Å². The van der Waals surface area contributed by atoms with Crippen LogP contribution in [-0.2, 0) is 20.9 Å². The molecule has 1 fully saturated rings. The highest BCUT2D eigenvalue weighted by molar-refractivity contribution is 9.10. The molecule has 1 aliphatic heterocycles. The molecule has 1 aromatic rings. The molecule has 5 nitrogen and oxygen atoms in total. The van der Waals surface area contributed by atoms with Crippen molar-refractivity contribution in [3.63, 3.8) is 0 Å². The lowest BCUT2D eigenvalue weighted by atomic mass is 10.1. The Morgan fingerprint density at radius 1 is 1.50 bits per heavy atom. The van der Waals surface area contributed by atoms with Gasteiger partial charge in [-0.15, -0.1) is 0 Å². The predicted molar refractivity (Wildman–Crippen MR) is 76.3 cm³/mol. The van der Waals surface area contributed by atoms with Crippen molar-refractivity contribution in [2.75, 3.05) is 13.6 Å². The summed E-state index contributed by atoms with van der Waals surface area (Å²) in [7, 11) is 1.61. The SMILES string of the molecule is CN1C[C@@H](C(=O)OCc2cc(Br)ccc2OC(F)F)CC1=O. The third-order valence-corrected chi connectivity index (χ3v) is 3.78. The minimum absolute atomic E-state index is 0.0504. The third kappa shape index (κ3) is 4.16. The lowest BCUT2D eigenvalue weighted by Gasteiger charge is -2.13. The molecule has 1 amide bonds. The number of carbonyl (C=O) groups excluding carboxylic acids is 2. The van der Waals surface area contributed by atoms with E-state index in [2.05, 4.69) is 20.7 Å². The maximum atomic E-state index is 12.3. The van der Waals surface area contributed by atoms with Crippen LogP contribution < -0.4 is 4.74 Å². The van der Waals surface area contributed by atoms with Crippen molar-refractivity contribution in [3.05, 3.63) is 28.2 Å². The molecule has 22 heavy (non-hydrogen) atoms. The first-order chi connectivity index (χ1) is 10.4. The van der Waals surface area contributed by atoms with Crippen LogP contribution in [0.3, 0.4) is 0 Å². The van der Waals surface area contributed by atoms with Gasteiger partial charge in [0, 0.05) is 30.0 Å². The molecule has 1 heterocycles. The van der Waals surface area contributed by atoms with E-state index < -0.39 is 18.5 Å². The van der Waals surface area contributed by atoms with Crippen molar-refractivity contribution >= 4 is 27.8 Å². The summed E-state index contributed by atoms with van der Waals surface area (Å²) >= 11 is 3.22. The Labute approximate surface area is 134 Å². The van der Waals surface area contributed by atoms with Gasteiger partial charge in [-0.2, -0.15) is 8.78 Å². The fraction of sp³-hybridized carbons (Fsp3) is 0.429. The smallest absolute Gasteiger partial charge is 0.387 e. The van der Waals surface area contributed by atoms with E-state index >= 15 is 0 Å². The highest BCUT2D eigenvalue weighted by Crippen LogP contribution is 2.26. The average Bonchev–Trinajstić information content (AvgIpc) is 2.78. The monoisotopic (exact) mass is 377 g/mol. The van der Waals surface area contributed by atoms with Gasteiger partial charge in [0.2, 0.25) is 5.91 Å². The fourth-order valence-electron chi connectivity index (χ4n) is 2.16. The second kappa shape index (κ2) is 7.04. The van der Waals surface area contributed by atoms with Crippen LogP contribution in [-0.4, -0.2) is 37.0 Å². The molecular formula is C14H14BrF2NO4. The van der Waals surface area contributed by atoms with Crippen molar-refractivity contribution in [1.29, 1.82) is 0 Å². The number of alkyl halides is 2. The molecule has 0 aromatic heterocycles. The zero-order valence-corrected chi connectivity index (χ0v) is 13.3. The molecule has 1 aliphatic rings. The predicted octanol–water partition coefficient (Wildman–Crippen LogP) is 2.57. The largest absolute Gasteiger partial charge is 0.460 e. The van der Waals surface area contributed by atoms with E-state index in [0.717, 1.165) is 0 Å². The zero-order valence-electron chi connectivity index (χ0n) is 11.7. The van der Waals surface area contributed by atoms with Crippen LogP contribution >= 0.6 is 15.9 Å². The number of nitrogens with zero attached hydrogens (tertiary/aromatic N) is 1. The van der Waals surface area contributed by atoms with Gasteiger partial charge in [-0.1, -0.05) is 15.9 Å². The van der Waals surface area contributed by atoms with Gasteiger partial charge >= 0.3 is 12.6 Å². The van der Waals surface area contributed by atoms with Crippen molar-refractivity contribution in [3.8, 4) is 5.75 Å². The number of likely N-dealkylation sites (tertiary alicyclic amines) is 1. The minimum Gasteiger partial charge on any atom is -0.460 e. The Kier molecular flexibility index (Phi) is 5.33. The number of carbonyl (C=O) groups is 2. The highest BCUT2D eigenvalue weighted by atomic mass is 79.9. The van der Waals surface area contributed by atoms with Gasteiger partial charge in [-0.3, -0.25) is 9.59 Å². The molecule has 1 aromatic carbocycles. The van der Waals surface area contributed by atoms with E-state index in [1.54, 1.807) is 13.1 Å². The number of rotatable bonds is 5. The topological polar surface area (TPSA) is 55.8 Å².